The highest BCUT2D eigenvalue weighted by molar-refractivity contribution is 5.90. The van der Waals surface area contributed by atoms with Gasteiger partial charge in [0.05, 0.1) is 19.6 Å². The maximum atomic E-state index is 12.4. The number of hydrogen-bond acceptors (Lipinski definition) is 6. The zero-order valence-electron chi connectivity index (χ0n) is 13.6. The Labute approximate surface area is 140 Å². The fourth-order valence-electron chi connectivity index (χ4n) is 2.69. The molecule has 130 valence electrons. The van der Waals surface area contributed by atoms with Crippen LogP contribution < -0.4 is 5.73 Å². The molecule has 0 radical (unpaired) electrons. The minimum Gasteiger partial charge on any atom is -0.467 e. The molecule has 0 unspecified atom stereocenters. The minimum absolute atomic E-state index is 0.134. The monoisotopic (exact) mass is 334 g/mol. The molecular weight excluding hydrogens is 312 g/mol. The molecule has 1 aliphatic rings. The largest absolute Gasteiger partial charge is 0.467 e. The van der Waals surface area contributed by atoms with Gasteiger partial charge in [0, 0.05) is 6.54 Å². The number of carbonyl (C=O) groups is 3. The van der Waals surface area contributed by atoms with Crippen molar-refractivity contribution in [1.82, 2.24) is 4.90 Å². The van der Waals surface area contributed by atoms with Crippen LogP contribution >= 0.6 is 0 Å². The molecule has 0 saturated carbocycles. The highest BCUT2D eigenvalue weighted by Crippen LogP contribution is 2.19. The lowest BCUT2D eigenvalue weighted by molar-refractivity contribution is -0.152. The Morgan fingerprint density at radius 3 is 2.67 bits per heavy atom. The van der Waals surface area contributed by atoms with E-state index in [0.717, 1.165) is 5.56 Å². The Hall–Kier alpha value is -2.41. The van der Waals surface area contributed by atoms with Crippen LogP contribution in [-0.4, -0.2) is 48.5 Å². The Bertz CT molecular complexity index is 590. The van der Waals surface area contributed by atoms with Crippen LogP contribution in [0.25, 0.3) is 0 Å². The number of carbonyl (C=O) groups excluding carboxylic acids is 3. The summed E-state index contributed by atoms with van der Waals surface area (Å²) in [7, 11) is 1.28. The molecule has 2 N–H and O–H groups in total. The Balaban J connectivity index is 1.84. The molecule has 1 aromatic rings. The first kappa shape index (κ1) is 17.9. The van der Waals surface area contributed by atoms with Crippen molar-refractivity contribution in [2.45, 2.75) is 38.0 Å². The molecule has 0 spiro atoms. The number of nitrogens with two attached hydrogens (primary N) is 1. The van der Waals surface area contributed by atoms with Crippen molar-refractivity contribution in [1.29, 1.82) is 0 Å². The standard InChI is InChI=1S/C17H22N2O5/c1-23-17(22)14-8-5-9-19(14)16(21)13(18)10-15(20)24-11-12-6-3-2-4-7-12/h2-4,6-7,13-14H,5,8-11,18H2,1H3/t13-,14-/m0/s1. The summed E-state index contributed by atoms with van der Waals surface area (Å²) >= 11 is 0. The van der Waals surface area contributed by atoms with Gasteiger partial charge in [-0.1, -0.05) is 30.3 Å². The average Bonchev–Trinajstić information content (AvgIpc) is 3.09. The first-order chi connectivity index (χ1) is 11.5. The molecule has 1 aromatic carbocycles. The van der Waals surface area contributed by atoms with Crippen molar-refractivity contribution in [3.05, 3.63) is 35.9 Å². The van der Waals surface area contributed by atoms with Crippen LogP contribution in [0.3, 0.4) is 0 Å². The fraction of sp³-hybridized carbons (Fsp3) is 0.471. The lowest BCUT2D eigenvalue weighted by Gasteiger charge is -2.25. The number of hydrogen-bond donors (Lipinski definition) is 1. The molecule has 2 rings (SSSR count). The minimum atomic E-state index is -1.03. The van der Waals surface area contributed by atoms with E-state index in [-0.39, 0.29) is 13.0 Å². The molecule has 1 fully saturated rings. The summed E-state index contributed by atoms with van der Waals surface area (Å²) in [6.07, 6.45) is 1.02. The van der Waals surface area contributed by atoms with Crippen molar-refractivity contribution in [2.24, 2.45) is 5.73 Å². The predicted octanol–water partition coefficient (Wildman–Crippen LogP) is 0.611. The SMILES string of the molecule is COC(=O)[C@@H]1CCCN1C(=O)[C@@H](N)CC(=O)OCc1ccccc1. The van der Waals surface area contributed by atoms with Crippen LogP contribution in [0.5, 0.6) is 0 Å². The number of esters is 2. The highest BCUT2D eigenvalue weighted by atomic mass is 16.5. The molecule has 0 aromatic heterocycles. The molecule has 24 heavy (non-hydrogen) atoms. The van der Waals surface area contributed by atoms with Crippen molar-refractivity contribution >= 4 is 17.8 Å². The van der Waals surface area contributed by atoms with Crippen molar-refractivity contribution < 1.29 is 23.9 Å². The lowest BCUT2D eigenvalue weighted by atomic mass is 10.1. The van der Waals surface area contributed by atoms with Gasteiger partial charge in [-0.25, -0.2) is 4.79 Å². The normalized spacial score (nSPS) is 18.1. The van der Waals surface area contributed by atoms with E-state index < -0.39 is 29.9 Å². The van der Waals surface area contributed by atoms with Gasteiger partial charge in [-0.05, 0) is 18.4 Å². The van der Waals surface area contributed by atoms with E-state index >= 15 is 0 Å². The molecule has 1 saturated heterocycles. The van der Waals surface area contributed by atoms with E-state index in [1.807, 2.05) is 30.3 Å². The Morgan fingerprint density at radius 1 is 1.29 bits per heavy atom. The summed E-state index contributed by atoms with van der Waals surface area (Å²) in [4.78, 5) is 37.3. The van der Waals surface area contributed by atoms with Gasteiger partial charge in [0.25, 0.3) is 0 Å². The molecule has 0 bridgehead atoms. The van der Waals surface area contributed by atoms with Gasteiger partial charge in [0.2, 0.25) is 5.91 Å². The third-order valence-corrected chi connectivity index (χ3v) is 3.96. The summed E-state index contributed by atoms with van der Waals surface area (Å²) in [5.41, 5.74) is 6.68. The van der Waals surface area contributed by atoms with Gasteiger partial charge >= 0.3 is 11.9 Å². The van der Waals surface area contributed by atoms with E-state index in [4.69, 9.17) is 15.2 Å². The molecule has 1 heterocycles. The maximum absolute atomic E-state index is 12.4. The van der Waals surface area contributed by atoms with Gasteiger partial charge < -0.3 is 20.1 Å². The number of rotatable bonds is 6. The van der Waals surface area contributed by atoms with Crippen molar-refractivity contribution in [3.63, 3.8) is 0 Å². The van der Waals surface area contributed by atoms with E-state index in [1.54, 1.807) is 0 Å². The van der Waals surface area contributed by atoms with Crippen LogP contribution in [0.15, 0.2) is 30.3 Å². The van der Waals surface area contributed by atoms with Crippen molar-refractivity contribution in [2.75, 3.05) is 13.7 Å². The number of methoxy groups -OCH3 is 1. The molecule has 7 heteroatoms. The average molecular weight is 334 g/mol. The zero-order chi connectivity index (χ0) is 17.5. The summed E-state index contributed by atoms with van der Waals surface area (Å²) in [6.45, 7) is 0.570. The van der Waals surface area contributed by atoms with Gasteiger partial charge in [-0.2, -0.15) is 0 Å². The molecule has 0 aliphatic carbocycles. The van der Waals surface area contributed by atoms with E-state index in [0.29, 0.717) is 19.4 Å². The lowest BCUT2D eigenvalue weighted by Crippen LogP contribution is -2.49. The topological polar surface area (TPSA) is 98.9 Å². The fourth-order valence-corrected chi connectivity index (χ4v) is 2.69. The number of amides is 1. The van der Waals surface area contributed by atoms with Gasteiger partial charge in [0.1, 0.15) is 12.6 Å². The highest BCUT2D eigenvalue weighted by Gasteiger charge is 2.37. The molecular formula is C17H22N2O5. The van der Waals surface area contributed by atoms with Crippen LogP contribution in [0.1, 0.15) is 24.8 Å². The van der Waals surface area contributed by atoms with E-state index in [2.05, 4.69) is 0 Å². The van der Waals surface area contributed by atoms with Crippen LogP contribution in [0.2, 0.25) is 0 Å². The quantitative estimate of drug-likeness (QED) is 0.765. The number of nitrogens with zero attached hydrogens (tertiary/aromatic N) is 1. The summed E-state index contributed by atoms with van der Waals surface area (Å²) in [6, 6.07) is 7.59. The maximum Gasteiger partial charge on any atom is 0.328 e. The second kappa shape index (κ2) is 8.44. The second-order valence-electron chi connectivity index (χ2n) is 5.67. The van der Waals surface area contributed by atoms with E-state index in [9.17, 15) is 14.4 Å². The molecule has 2 atom stereocenters. The summed E-state index contributed by atoms with van der Waals surface area (Å²) < 4.78 is 9.82. The van der Waals surface area contributed by atoms with Gasteiger partial charge in [-0.3, -0.25) is 9.59 Å². The van der Waals surface area contributed by atoms with Crippen LogP contribution in [0.4, 0.5) is 0 Å². The zero-order valence-corrected chi connectivity index (χ0v) is 13.6. The number of benzene rings is 1. The van der Waals surface area contributed by atoms with Gasteiger partial charge in [0.15, 0.2) is 0 Å². The first-order valence-electron chi connectivity index (χ1n) is 7.86. The Kier molecular flexibility index (Phi) is 6.31. The van der Waals surface area contributed by atoms with Gasteiger partial charge in [-0.15, -0.1) is 0 Å². The molecule has 1 amide bonds. The Morgan fingerprint density at radius 2 is 2.00 bits per heavy atom. The third kappa shape index (κ3) is 4.55. The number of likely N-dealkylation sites (tertiary alicyclic amines) is 1. The molecule has 7 nitrogen and oxygen atoms in total. The first-order valence-corrected chi connectivity index (χ1v) is 7.86. The smallest absolute Gasteiger partial charge is 0.328 e. The van der Waals surface area contributed by atoms with Crippen molar-refractivity contribution in [3.8, 4) is 0 Å². The van der Waals surface area contributed by atoms with E-state index in [1.165, 1.54) is 12.0 Å². The number of ether oxygens (including phenoxy) is 2. The van der Waals surface area contributed by atoms with Crippen LogP contribution in [-0.2, 0) is 30.5 Å². The molecule has 1 aliphatic heterocycles. The summed E-state index contributed by atoms with van der Waals surface area (Å²) in [5, 5.41) is 0. The second-order valence-corrected chi connectivity index (χ2v) is 5.67. The van der Waals surface area contributed by atoms with Crippen LogP contribution in [0, 0.1) is 0 Å². The third-order valence-electron chi connectivity index (χ3n) is 3.96. The summed E-state index contributed by atoms with van der Waals surface area (Å²) in [5.74, 6) is -1.44. The predicted molar refractivity (Wildman–Crippen MR) is 85.6 cm³/mol.